The molecule has 3 rings (SSSR count). The van der Waals surface area contributed by atoms with Crippen molar-refractivity contribution in [2.45, 2.75) is 32.7 Å². The van der Waals surface area contributed by atoms with Crippen LogP contribution in [-0.2, 0) is 11.2 Å². The molecule has 2 aromatic carbocycles. The first-order valence-corrected chi connectivity index (χ1v) is 9.85. The summed E-state index contributed by atoms with van der Waals surface area (Å²) in [6.45, 7) is 3.86. The predicted molar refractivity (Wildman–Crippen MR) is 108 cm³/mol. The van der Waals surface area contributed by atoms with E-state index in [0.29, 0.717) is 21.8 Å². The molecule has 5 nitrogen and oxygen atoms in total. The minimum absolute atomic E-state index is 0.365. The zero-order valence-electron chi connectivity index (χ0n) is 15.0. The number of carbonyl (C=O) groups is 2. The van der Waals surface area contributed by atoms with Gasteiger partial charge in [0.05, 0.1) is 10.2 Å². The first-order chi connectivity index (χ1) is 12.9. The molecule has 1 heterocycles. The highest BCUT2D eigenvalue weighted by atomic mass is 35.5. The highest BCUT2D eigenvalue weighted by molar-refractivity contribution is 7.16. The molecule has 1 amide bonds. The Morgan fingerprint density at radius 1 is 1.22 bits per heavy atom. The Morgan fingerprint density at radius 3 is 2.63 bits per heavy atom. The molecule has 140 valence electrons. The molecule has 0 saturated carbocycles. The third-order valence-corrected chi connectivity index (χ3v) is 5.60. The number of hydrogen-bond acceptors (Lipinski definition) is 3. The highest BCUT2D eigenvalue weighted by Gasteiger charge is 2.22. The maximum Gasteiger partial charge on any atom is 0.326 e. The van der Waals surface area contributed by atoms with Gasteiger partial charge in [-0.2, -0.15) is 4.99 Å². The number of nitrogens with zero attached hydrogens (tertiary/aromatic N) is 2. The minimum Gasteiger partial charge on any atom is -0.480 e. The first kappa shape index (κ1) is 19.3. The summed E-state index contributed by atoms with van der Waals surface area (Å²) in [7, 11) is 0. The van der Waals surface area contributed by atoms with Gasteiger partial charge in [0.1, 0.15) is 6.04 Å². The Bertz CT molecular complexity index is 1080. The fourth-order valence-electron chi connectivity index (χ4n) is 2.93. The van der Waals surface area contributed by atoms with E-state index in [1.54, 1.807) is 35.8 Å². The predicted octanol–water partition coefficient (Wildman–Crippen LogP) is 4.70. The molecule has 0 radical (unpaired) electrons. The van der Waals surface area contributed by atoms with E-state index in [4.69, 9.17) is 11.6 Å². The van der Waals surface area contributed by atoms with Crippen LogP contribution in [0.25, 0.3) is 10.2 Å². The Balaban J connectivity index is 2.23. The summed E-state index contributed by atoms with van der Waals surface area (Å²) in [5.41, 5.74) is 2.28. The van der Waals surface area contributed by atoms with E-state index in [1.807, 2.05) is 18.2 Å². The molecule has 0 saturated heterocycles. The van der Waals surface area contributed by atoms with Crippen LogP contribution in [-0.4, -0.2) is 21.6 Å². The number of carboxylic acid groups (broad SMARTS) is 1. The lowest BCUT2D eigenvalue weighted by atomic mass is 10.1. The van der Waals surface area contributed by atoms with Gasteiger partial charge in [-0.05, 0) is 48.7 Å². The van der Waals surface area contributed by atoms with Crippen LogP contribution in [0.4, 0.5) is 0 Å². The number of aliphatic carboxylic acids is 1. The van der Waals surface area contributed by atoms with Crippen molar-refractivity contribution in [3.63, 3.8) is 0 Å². The van der Waals surface area contributed by atoms with E-state index in [2.05, 4.69) is 11.9 Å². The largest absolute Gasteiger partial charge is 0.480 e. The maximum absolute atomic E-state index is 12.6. The van der Waals surface area contributed by atoms with Crippen molar-refractivity contribution >= 4 is 45.0 Å². The molecule has 3 aromatic rings. The highest BCUT2D eigenvalue weighted by Crippen LogP contribution is 2.24. The molecular weight excluding hydrogens is 384 g/mol. The van der Waals surface area contributed by atoms with Crippen LogP contribution in [0.3, 0.4) is 0 Å². The molecule has 0 aliphatic carbocycles. The van der Waals surface area contributed by atoms with Gasteiger partial charge >= 0.3 is 5.97 Å². The lowest BCUT2D eigenvalue weighted by molar-refractivity contribution is -0.140. The Morgan fingerprint density at radius 2 is 2.00 bits per heavy atom. The second-order valence-corrected chi connectivity index (χ2v) is 7.55. The third kappa shape index (κ3) is 3.96. The minimum atomic E-state index is -0.951. The number of thiazole rings is 1. The lowest BCUT2D eigenvalue weighted by Gasteiger charge is -2.13. The number of carboxylic acids is 1. The first-order valence-electron chi connectivity index (χ1n) is 8.66. The average molecular weight is 403 g/mol. The van der Waals surface area contributed by atoms with E-state index in [9.17, 15) is 14.7 Å². The smallest absolute Gasteiger partial charge is 0.326 e. The van der Waals surface area contributed by atoms with Gasteiger partial charge in [-0.1, -0.05) is 48.9 Å². The van der Waals surface area contributed by atoms with Crippen molar-refractivity contribution in [2.75, 3.05) is 0 Å². The average Bonchev–Trinajstić information content (AvgIpc) is 2.99. The molecule has 0 bridgehead atoms. The number of amides is 1. The number of rotatable bonds is 5. The molecular formula is C20H19ClN2O3S. The van der Waals surface area contributed by atoms with Gasteiger partial charge in [-0.15, -0.1) is 0 Å². The summed E-state index contributed by atoms with van der Waals surface area (Å²) in [4.78, 5) is 29.0. The summed E-state index contributed by atoms with van der Waals surface area (Å²) in [5, 5.41) is 10.1. The molecule has 7 heteroatoms. The Kier molecular flexibility index (Phi) is 5.77. The molecule has 0 aliphatic heterocycles. The zero-order chi connectivity index (χ0) is 19.6. The van der Waals surface area contributed by atoms with Crippen LogP contribution >= 0.6 is 22.9 Å². The Labute approximate surface area is 165 Å². The fourth-order valence-corrected chi connectivity index (χ4v) is 4.25. The van der Waals surface area contributed by atoms with Crippen LogP contribution in [0.1, 0.15) is 42.2 Å². The van der Waals surface area contributed by atoms with Gasteiger partial charge in [0.15, 0.2) is 4.80 Å². The number of fused-ring (bicyclic) bond motifs is 1. The Hall–Kier alpha value is -2.44. The van der Waals surface area contributed by atoms with Crippen LogP contribution in [0.2, 0.25) is 5.02 Å². The molecule has 1 N–H and O–H groups in total. The van der Waals surface area contributed by atoms with Gasteiger partial charge in [-0.3, -0.25) is 4.79 Å². The summed E-state index contributed by atoms with van der Waals surface area (Å²) in [6.07, 6.45) is 1.26. The fraction of sp³-hybridized carbons (Fsp3) is 0.250. The van der Waals surface area contributed by atoms with Crippen molar-refractivity contribution in [2.24, 2.45) is 4.99 Å². The second-order valence-electron chi connectivity index (χ2n) is 6.10. The van der Waals surface area contributed by atoms with Crippen LogP contribution < -0.4 is 4.80 Å². The van der Waals surface area contributed by atoms with Crippen LogP contribution in [0, 0.1) is 0 Å². The van der Waals surface area contributed by atoms with Crippen LogP contribution in [0.5, 0.6) is 0 Å². The molecule has 0 spiro atoms. The van der Waals surface area contributed by atoms with E-state index >= 15 is 0 Å². The number of halogens is 1. The number of benzene rings is 2. The zero-order valence-corrected chi connectivity index (χ0v) is 16.5. The number of aromatic nitrogens is 1. The van der Waals surface area contributed by atoms with Crippen LogP contribution in [0.15, 0.2) is 47.5 Å². The molecule has 1 unspecified atom stereocenters. The van der Waals surface area contributed by atoms with Crippen molar-refractivity contribution in [1.29, 1.82) is 0 Å². The molecule has 0 aliphatic rings. The molecule has 27 heavy (non-hydrogen) atoms. The van der Waals surface area contributed by atoms with Crippen molar-refractivity contribution in [3.05, 3.63) is 63.4 Å². The summed E-state index contributed by atoms with van der Waals surface area (Å²) in [5.74, 6) is -1.40. The van der Waals surface area contributed by atoms with Gasteiger partial charge < -0.3 is 9.67 Å². The number of carbonyl (C=O) groups excluding carboxylic acids is 1. The standard InChI is InChI=1S/C20H19ClN2O3S/c1-3-12-8-9-16-17(10-12)27-20(23(16)15(4-2)19(25)26)22-18(24)13-6-5-7-14(21)11-13/h5-11,15H,3-4H2,1-2H3,(H,25,26)/b22-20-. The number of hydrogen-bond donors (Lipinski definition) is 1. The summed E-state index contributed by atoms with van der Waals surface area (Å²) < 4.78 is 2.55. The summed E-state index contributed by atoms with van der Waals surface area (Å²) >= 11 is 7.28. The van der Waals surface area contributed by atoms with Gasteiger partial charge in [0, 0.05) is 10.6 Å². The van der Waals surface area contributed by atoms with Crippen molar-refractivity contribution in [3.8, 4) is 0 Å². The number of aryl methyl sites for hydroxylation is 1. The van der Waals surface area contributed by atoms with Crippen molar-refractivity contribution in [1.82, 2.24) is 4.57 Å². The van der Waals surface area contributed by atoms with Gasteiger partial charge in [0.25, 0.3) is 5.91 Å². The molecule has 0 fully saturated rings. The van der Waals surface area contributed by atoms with Crippen molar-refractivity contribution < 1.29 is 14.7 Å². The van der Waals surface area contributed by atoms with E-state index in [1.165, 1.54) is 11.3 Å². The van der Waals surface area contributed by atoms with E-state index < -0.39 is 17.9 Å². The monoisotopic (exact) mass is 402 g/mol. The van der Waals surface area contributed by atoms with Gasteiger partial charge in [-0.25, -0.2) is 4.79 Å². The molecule has 1 atom stereocenters. The quantitative estimate of drug-likeness (QED) is 0.672. The third-order valence-electron chi connectivity index (χ3n) is 4.35. The lowest BCUT2D eigenvalue weighted by Crippen LogP contribution is -2.27. The van der Waals surface area contributed by atoms with E-state index in [0.717, 1.165) is 22.2 Å². The summed E-state index contributed by atoms with van der Waals surface area (Å²) in [6, 6.07) is 11.7. The molecule has 1 aromatic heterocycles. The SMILES string of the molecule is CCc1ccc2c(c1)s/c(=N\C(=O)c1cccc(Cl)c1)n2C(CC)C(=O)O. The maximum atomic E-state index is 12.6. The van der Waals surface area contributed by atoms with Gasteiger partial charge in [0.2, 0.25) is 0 Å². The topological polar surface area (TPSA) is 71.7 Å². The van der Waals surface area contributed by atoms with E-state index in [-0.39, 0.29) is 0 Å². The second kappa shape index (κ2) is 8.06. The normalized spacial score (nSPS) is 13.1.